The quantitative estimate of drug-likeness (QED) is 0.857. The summed E-state index contributed by atoms with van der Waals surface area (Å²) >= 11 is 2.90. The third kappa shape index (κ3) is 2.90. The van der Waals surface area contributed by atoms with Gasteiger partial charge in [-0.2, -0.15) is 0 Å². The number of hydrogen-bond donors (Lipinski definition) is 1. The summed E-state index contributed by atoms with van der Waals surface area (Å²) in [7, 11) is 0. The first kappa shape index (κ1) is 14.3. The summed E-state index contributed by atoms with van der Waals surface area (Å²) in [5.41, 5.74) is -1.92. The summed E-state index contributed by atoms with van der Waals surface area (Å²) in [6, 6.07) is 2.46. The Labute approximate surface area is 119 Å². The number of ketones is 1. The summed E-state index contributed by atoms with van der Waals surface area (Å²) in [5, 5.41) is 0. The van der Waals surface area contributed by atoms with Gasteiger partial charge < -0.3 is 0 Å². The standard InChI is InChI=1S/C12H7BrF2N2O3/c13-8-4-17(12(20)16-11(8)19)5-10(18)7-3-6(14)1-2-9(7)15/h1-4H,5H2,(H,16,19,20). The van der Waals surface area contributed by atoms with E-state index in [2.05, 4.69) is 15.9 Å². The van der Waals surface area contributed by atoms with E-state index in [1.54, 1.807) is 0 Å². The Kier molecular flexibility index (Phi) is 3.93. The number of nitrogens with one attached hydrogen (secondary N) is 1. The van der Waals surface area contributed by atoms with Crippen molar-refractivity contribution in [1.29, 1.82) is 0 Å². The molecule has 0 aliphatic rings. The molecule has 2 aromatic rings. The van der Waals surface area contributed by atoms with Crippen LogP contribution in [0.15, 0.2) is 38.5 Å². The number of halogens is 3. The van der Waals surface area contributed by atoms with Crippen LogP contribution >= 0.6 is 15.9 Å². The highest BCUT2D eigenvalue weighted by Gasteiger charge is 2.14. The SMILES string of the molecule is O=C(Cn1cc(Br)c(=O)[nH]c1=O)c1cc(F)ccc1F. The molecule has 0 saturated heterocycles. The van der Waals surface area contributed by atoms with Crippen molar-refractivity contribution in [1.82, 2.24) is 9.55 Å². The van der Waals surface area contributed by atoms with Crippen molar-refractivity contribution in [2.75, 3.05) is 0 Å². The Balaban J connectivity index is 2.37. The second kappa shape index (κ2) is 5.49. The minimum Gasteiger partial charge on any atom is -0.292 e. The molecule has 8 heteroatoms. The Hall–Kier alpha value is -2.09. The number of H-pyrrole nitrogens is 1. The fourth-order valence-electron chi connectivity index (χ4n) is 1.55. The molecule has 0 fully saturated rings. The van der Waals surface area contributed by atoms with Crippen molar-refractivity contribution >= 4 is 21.7 Å². The van der Waals surface area contributed by atoms with Gasteiger partial charge in [0.1, 0.15) is 11.6 Å². The van der Waals surface area contributed by atoms with Crippen molar-refractivity contribution in [3.05, 3.63) is 66.9 Å². The van der Waals surface area contributed by atoms with Crippen molar-refractivity contribution < 1.29 is 13.6 Å². The van der Waals surface area contributed by atoms with Crippen molar-refractivity contribution in [2.24, 2.45) is 0 Å². The average molecular weight is 345 g/mol. The molecule has 1 heterocycles. The molecule has 1 aromatic carbocycles. The van der Waals surface area contributed by atoms with Gasteiger partial charge in [-0.25, -0.2) is 13.6 Å². The lowest BCUT2D eigenvalue weighted by Gasteiger charge is -2.06. The maximum Gasteiger partial charge on any atom is 0.328 e. The van der Waals surface area contributed by atoms with Gasteiger partial charge in [-0.1, -0.05) is 0 Å². The molecule has 0 unspecified atom stereocenters. The van der Waals surface area contributed by atoms with Gasteiger partial charge in [0.2, 0.25) is 0 Å². The Morgan fingerprint density at radius 3 is 2.70 bits per heavy atom. The summed E-state index contributed by atoms with van der Waals surface area (Å²) in [4.78, 5) is 36.5. The highest BCUT2D eigenvalue weighted by atomic mass is 79.9. The van der Waals surface area contributed by atoms with Gasteiger partial charge in [0.15, 0.2) is 5.78 Å². The maximum atomic E-state index is 13.4. The monoisotopic (exact) mass is 344 g/mol. The van der Waals surface area contributed by atoms with E-state index >= 15 is 0 Å². The van der Waals surface area contributed by atoms with Crippen molar-refractivity contribution in [3.63, 3.8) is 0 Å². The number of Topliss-reactive ketones (excluding diaryl/α,β-unsaturated/α-hetero) is 1. The highest BCUT2D eigenvalue weighted by Crippen LogP contribution is 2.11. The van der Waals surface area contributed by atoms with Crippen LogP contribution in [-0.2, 0) is 6.54 Å². The molecule has 0 atom stereocenters. The number of nitrogens with zero attached hydrogens (tertiary/aromatic N) is 1. The molecular weight excluding hydrogens is 338 g/mol. The number of aromatic nitrogens is 2. The van der Waals surface area contributed by atoms with Gasteiger partial charge in [0, 0.05) is 6.20 Å². The number of aromatic amines is 1. The van der Waals surface area contributed by atoms with E-state index in [-0.39, 0.29) is 4.47 Å². The van der Waals surface area contributed by atoms with Crippen molar-refractivity contribution in [2.45, 2.75) is 6.54 Å². The van der Waals surface area contributed by atoms with E-state index < -0.39 is 40.8 Å². The Morgan fingerprint density at radius 2 is 2.00 bits per heavy atom. The van der Waals surface area contributed by atoms with Gasteiger partial charge in [-0.3, -0.25) is 19.1 Å². The smallest absolute Gasteiger partial charge is 0.292 e. The lowest BCUT2D eigenvalue weighted by atomic mass is 10.1. The predicted octanol–water partition coefficient (Wildman–Crippen LogP) is 1.46. The second-order valence-corrected chi connectivity index (χ2v) is 4.77. The Bertz CT molecular complexity index is 798. The zero-order chi connectivity index (χ0) is 14.9. The second-order valence-electron chi connectivity index (χ2n) is 3.91. The van der Waals surface area contributed by atoms with Crippen LogP contribution in [-0.4, -0.2) is 15.3 Å². The zero-order valence-electron chi connectivity index (χ0n) is 9.82. The minimum atomic E-state index is -0.882. The zero-order valence-corrected chi connectivity index (χ0v) is 11.4. The van der Waals surface area contributed by atoms with Crippen LogP contribution in [0.4, 0.5) is 8.78 Å². The molecule has 0 spiro atoms. The number of carbonyl (C=O) groups is 1. The Morgan fingerprint density at radius 1 is 1.30 bits per heavy atom. The molecule has 1 aromatic heterocycles. The van der Waals surface area contributed by atoms with Crippen LogP contribution in [0.2, 0.25) is 0 Å². The fourth-order valence-corrected chi connectivity index (χ4v) is 1.90. The topological polar surface area (TPSA) is 71.9 Å². The molecule has 20 heavy (non-hydrogen) atoms. The normalized spacial score (nSPS) is 10.6. The van der Waals surface area contributed by atoms with Crippen molar-refractivity contribution in [3.8, 4) is 0 Å². The highest BCUT2D eigenvalue weighted by molar-refractivity contribution is 9.10. The van der Waals surface area contributed by atoms with Crippen LogP contribution in [0.3, 0.4) is 0 Å². The van der Waals surface area contributed by atoms with Gasteiger partial charge in [-0.05, 0) is 34.1 Å². The largest absolute Gasteiger partial charge is 0.328 e. The first-order valence-corrected chi connectivity index (χ1v) is 6.15. The average Bonchev–Trinajstić information content (AvgIpc) is 2.38. The van der Waals surface area contributed by atoms with E-state index in [1.165, 1.54) is 0 Å². The fraction of sp³-hybridized carbons (Fsp3) is 0.0833. The summed E-state index contributed by atoms with van der Waals surface area (Å²) in [6.45, 7) is -0.519. The molecule has 2 rings (SSSR count). The number of hydrogen-bond acceptors (Lipinski definition) is 3. The van der Waals surface area contributed by atoms with Gasteiger partial charge in [-0.15, -0.1) is 0 Å². The molecule has 0 aliphatic carbocycles. The third-order valence-corrected chi connectivity index (χ3v) is 3.08. The maximum absolute atomic E-state index is 13.4. The van der Waals surface area contributed by atoms with Crippen LogP contribution in [0.1, 0.15) is 10.4 Å². The van der Waals surface area contributed by atoms with Crippen LogP contribution in [0, 0.1) is 11.6 Å². The van der Waals surface area contributed by atoms with Crippen LogP contribution in [0.25, 0.3) is 0 Å². The first-order chi connectivity index (χ1) is 9.38. The summed E-state index contributed by atoms with van der Waals surface area (Å²) in [6.07, 6.45) is 1.11. The summed E-state index contributed by atoms with van der Waals surface area (Å²) in [5.74, 6) is -2.43. The summed E-state index contributed by atoms with van der Waals surface area (Å²) < 4.78 is 27.4. The molecule has 0 aliphatic heterocycles. The molecule has 0 bridgehead atoms. The van der Waals surface area contributed by atoms with E-state index in [9.17, 15) is 23.2 Å². The molecule has 1 N–H and O–H groups in total. The lowest BCUT2D eigenvalue weighted by molar-refractivity contribution is 0.0965. The first-order valence-electron chi connectivity index (χ1n) is 5.36. The molecular formula is C12H7BrF2N2O3. The van der Waals surface area contributed by atoms with E-state index in [0.717, 1.165) is 29.0 Å². The third-order valence-electron chi connectivity index (χ3n) is 2.51. The number of rotatable bonds is 3. The van der Waals surface area contributed by atoms with E-state index in [0.29, 0.717) is 0 Å². The molecule has 0 amide bonds. The molecule has 0 radical (unpaired) electrons. The van der Waals surface area contributed by atoms with Crippen LogP contribution < -0.4 is 11.2 Å². The van der Waals surface area contributed by atoms with Gasteiger partial charge >= 0.3 is 5.69 Å². The molecule has 5 nitrogen and oxygen atoms in total. The van der Waals surface area contributed by atoms with Gasteiger partial charge in [0.25, 0.3) is 5.56 Å². The minimum absolute atomic E-state index is 0.0459. The molecule has 0 saturated carbocycles. The lowest BCUT2D eigenvalue weighted by Crippen LogP contribution is -2.32. The number of carbonyl (C=O) groups excluding carboxylic acids is 1. The number of benzene rings is 1. The van der Waals surface area contributed by atoms with E-state index in [4.69, 9.17) is 0 Å². The molecule has 104 valence electrons. The van der Waals surface area contributed by atoms with Crippen LogP contribution in [0.5, 0.6) is 0 Å². The van der Waals surface area contributed by atoms with E-state index in [1.807, 2.05) is 4.98 Å². The predicted molar refractivity (Wildman–Crippen MR) is 69.7 cm³/mol. The van der Waals surface area contributed by atoms with Gasteiger partial charge in [0.05, 0.1) is 16.6 Å².